The number of hydrogen-bond acceptors (Lipinski definition) is 3. The van der Waals surface area contributed by atoms with Crippen molar-refractivity contribution in [3.8, 4) is 0 Å². The van der Waals surface area contributed by atoms with Crippen molar-refractivity contribution in [3.05, 3.63) is 17.0 Å². The number of aliphatic imine (C=N–C) groups is 1. The van der Waals surface area contributed by atoms with Crippen molar-refractivity contribution in [1.29, 1.82) is 0 Å². The van der Waals surface area contributed by atoms with E-state index >= 15 is 0 Å². The molecule has 1 aliphatic carbocycles. The summed E-state index contributed by atoms with van der Waals surface area (Å²) in [6.07, 6.45) is 7.81. The van der Waals surface area contributed by atoms with Crippen LogP contribution in [0.1, 0.15) is 56.0 Å². The van der Waals surface area contributed by atoms with E-state index in [0.29, 0.717) is 12.1 Å². The molecule has 1 fully saturated rings. The highest BCUT2D eigenvalue weighted by atomic mass is 127. The molecule has 28 heavy (non-hydrogen) atoms. The van der Waals surface area contributed by atoms with Crippen molar-refractivity contribution < 1.29 is 0 Å². The van der Waals surface area contributed by atoms with Gasteiger partial charge in [-0.3, -0.25) is 9.67 Å². The molecule has 0 radical (unpaired) electrons. The second-order valence-corrected chi connectivity index (χ2v) is 8.40. The number of likely N-dealkylation sites (N-methyl/N-ethyl adjacent to an activating group) is 1. The third-order valence-electron chi connectivity index (χ3n) is 6.11. The van der Waals surface area contributed by atoms with Crippen LogP contribution in [0.5, 0.6) is 0 Å². The quantitative estimate of drug-likeness (QED) is 0.340. The number of halogens is 1. The van der Waals surface area contributed by atoms with Gasteiger partial charge in [-0.25, -0.2) is 0 Å². The topological polar surface area (TPSA) is 57.5 Å². The standard InChI is InChI=1S/C21H40N6.HI/c1-15(13-19-16(2)25-27(7)17(19)3)24-21(22-4)23-14-20(26(5)6)18-11-9-8-10-12-18;/h15,18,20H,8-14H2,1-7H3,(H2,22,23,24);1H. The van der Waals surface area contributed by atoms with Crippen LogP contribution in [0.2, 0.25) is 0 Å². The van der Waals surface area contributed by atoms with Crippen LogP contribution in [0.25, 0.3) is 0 Å². The van der Waals surface area contributed by atoms with Crippen molar-refractivity contribution in [2.24, 2.45) is 18.0 Å². The fourth-order valence-corrected chi connectivity index (χ4v) is 4.39. The molecule has 0 aromatic carbocycles. The SMILES string of the molecule is CN=C(NCC(C1CCCCC1)N(C)C)NC(C)Cc1c(C)nn(C)c1C.I. The number of aromatic nitrogens is 2. The summed E-state index contributed by atoms with van der Waals surface area (Å²) in [5.41, 5.74) is 3.70. The monoisotopic (exact) mass is 504 g/mol. The van der Waals surface area contributed by atoms with Crippen molar-refractivity contribution in [3.63, 3.8) is 0 Å². The van der Waals surface area contributed by atoms with E-state index in [2.05, 4.69) is 60.5 Å². The van der Waals surface area contributed by atoms with Crippen LogP contribution >= 0.6 is 24.0 Å². The highest BCUT2D eigenvalue weighted by molar-refractivity contribution is 14.0. The summed E-state index contributed by atoms with van der Waals surface area (Å²) in [7, 11) is 8.27. The van der Waals surface area contributed by atoms with Gasteiger partial charge < -0.3 is 15.5 Å². The summed E-state index contributed by atoms with van der Waals surface area (Å²) in [6.45, 7) is 7.38. The van der Waals surface area contributed by atoms with E-state index in [4.69, 9.17) is 0 Å². The summed E-state index contributed by atoms with van der Waals surface area (Å²) in [4.78, 5) is 6.83. The van der Waals surface area contributed by atoms with Crippen LogP contribution in [-0.4, -0.2) is 60.4 Å². The first-order valence-electron chi connectivity index (χ1n) is 10.5. The van der Waals surface area contributed by atoms with Crippen molar-refractivity contribution >= 4 is 29.9 Å². The molecule has 0 spiro atoms. The normalized spacial score (nSPS) is 17.9. The fraction of sp³-hybridized carbons (Fsp3) is 0.810. The minimum Gasteiger partial charge on any atom is -0.355 e. The molecule has 0 bridgehead atoms. The minimum absolute atomic E-state index is 0. The molecule has 1 saturated carbocycles. The first-order valence-corrected chi connectivity index (χ1v) is 10.5. The number of aryl methyl sites for hydroxylation is 2. The molecule has 1 aromatic heterocycles. The summed E-state index contributed by atoms with van der Waals surface area (Å²) in [5.74, 6) is 1.68. The van der Waals surface area contributed by atoms with Gasteiger partial charge in [0.05, 0.1) is 5.69 Å². The lowest BCUT2D eigenvalue weighted by Crippen LogP contribution is -2.50. The maximum absolute atomic E-state index is 4.53. The van der Waals surface area contributed by atoms with E-state index in [9.17, 15) is 0 Å². The van der Waals surface area contributed by atoms with Gasteiger partial charge in [0.1, 0.15) is 0 Å². The van der Waals surface area contributed by atoms with Crippen LogP contribution in [0.3, 0.4) is 0 Å². The summed E-state index contributed by atoms with van der Waals surface area (Å²) < 4.78 is 1.97. The average Bonchev–Trinajstić information content (AvgIpc) is 2.87. The molecule has 2 rings (SSSR count). The van der Waals surface area contributed by atoms with E-state index in [1.165, 1.54) is 43.4 Å². The van der Waals surface area contributed by atoms with Crippen LogP contribution in [0.4, 0.5) is 0 Å². The maximum atomic E-state index is 4.53. The van der Waals surface area contributed by atoms with E-state index in [-0.39, 0.29) is 24.0 Å². The number of hydrogen-bond donors (Lipinski definition) is 2. The Labute approximate surface area is 189 Å². The Morgan fingerprint density at radius 1 is 1.25 bits per heavy atom. The highest BCUT2D eigenvalue weighted by Gasteiger charge is 2.25. The van der Waals surface area contributed by atoms with Gasteiger partial charge in [0.25, 0.3) is 0 Å². The van der Waals surface area contributed by atoms with Crippen molar-refractivity contribution in [1.82, 2.24) is 25.3 Å². The predicted octanol–water partition coefficient (Wildman–Crippen LogP) is 3.26. The lowest BCUT2D eigenvalue weighted by Gasteiger charge is -2.35. The van der Waals surface area contributed by atoms with E-state index < -0.39 is 0 Å². The van der Waals surface area contributed by atoms with E-state index in [1.54, 1.807) is 0 Å². The van der Waals surface area contributed by atoms with Crippen LogP contribution in [0, 0.1) is 19.8 Å². The zero-order valence-electron chi connectivity index (χ0n) is 18.9. The second kappa shape index (κ2) is 12.0. The Hall–Kier alpha value is -0.830. The van der Waals surface area contributed by atoms with E-state index in [0.717, 1.165) is 30.5 Å². The largest absolute Gasteiger partial charge is 0.355 e. The van der Waals surface area contributed by atoms with Gasteiger partial charge in [0.2, 0.25) is 0 Å². The van der Waals surface area contributed by atoms with Crippen molar-refractivity contribution in [2.45, 2.75) is 71.4 Å². The fourth-order valence-electron chi connectivity index (χ4n) is 4.39. The van der Waals surface area contributed by atoms with E-state index in [1.807, 2.05) is 18.8 Å². The van der Waals surface area contributed by atoms with Gasteiger partial charge in [-0.2, -0.15) is 5.10 Å². The molecule has 6 nitrogen and oxygen atoms in total. The number of rotatable bonds is 7. The third-order valence-corrected chi connectivity index (χ3v) is 6.11. The number of guanidine groups is 1. The Morgan fingerprint density at radius 2 is 1.89 bits per heavy atom. The highest BCUT2D eigenvalue weighted by Crippen LogP contribution is 2.28. The Balaban J connectivity index is 0.00000392. The van der Waals surface area contributed by atoms with Gasteiger partial charge in [0, 0.05) is 38.4 Å². The molecule has 2 unspecified atom stereocenters. The van der Waals surface area contributed by atoms with Crippen LogP contribution < -0.4 is 10.6 Å². The average molecular weight is 505 g/mol. The smallest absolute Gasteiger partial charge is 0.191 e. The number of nitrogens with zero attached hydrogens (tertiary/aromatic N) is 4. The molecular formula is C21H41IN6. The molecule has 0 saturated heterocycles. The molecule has 0 aliphatic heterocycles. The third kappa shape index (κ3) is 6.90. The van der Waals surface area contributed by atoms with Gasteiger partial charge in [-0.15, -0.1) is 24.0 Å². The molecule has 2 atom stereocenters. The minimum atomic E-state index is 0. The zero-order valence-corrected chi connectivity index (χ0v) is 21.2. The lowest BCUT2D eigenvalue weighted by atomic mass is 9.83. The maximum Gasteiger partial charge on any atom is 0.191 e. The first-order chi connectivity index (χ1) is 12.8. The Bertz CT molecular complexity index is 619. The molecule has 1 aromatic rings. The van der Waals surface area contributed by atoms with Crippen molar-refractivity contribution in [2.75, 3.05) is 27.7 Å². The summed E-state index contributed by atoms with van der Waals surface area (Å²) in [5, 5.41) is 11.7. The van der Waals surface area contributed by atoms with Crippen LogP contribution in [-0.2, 0) is 13.5 Å². The van der Waals surface area contributed by atoms with Crippen LogP contribution in [0.15, 0.2) is 4.99 Å². The van der Waals surface area contributed by atoms with Gasteiger partial charge in [-0.05, 0) is 65.6 Å². The molecule has 0 amide bonds. The predicted molar refractivity (Wildman–Crippen MR) is 130 cm³/mol. The molecule has 162 valence electrons. The second-order valence-electron chi connectivity index (χ2n) is 8.40. The molecule has 2 N–H and O–H groups in total. The van der Waals surface area contributed by atoms with Gasteiger partial charge in [0.15, 0.2) is 5.96 Å². The first kappa shape index (κ1) is 25.2. The Morgan fingerprint density at radius 3 is 2.39 bits per heavy atom. The number of nitrogens with one attached hydrogen (secondary N) is 2. The molecule has 1 heterocycles. The molecular weight excluding hydrogens is 463 g/mol. The summed E-state index contributed by atoms with van der Waals surface area (Å²) >= 11 is 0. The molecule has 7 heteroatoms. The van der Waals surface area contributed by atoms with Gasteiger partial charge >= 0.3 is 0 Å². The summed E-state index contributed by atoms with van der Waals surface area (Å²) in [6, 6.07) is 0.854. The zero-order chi connectivity index (χ0) is 20.0. The Kier molecular flexibility index (Phi) is 10.8. The molecule has 1 aliphatic rings. The van der Waals surface area contributed by atoms with Gasteiger partial charge in [-0.1, -0.05) is 19.3 Å². The lowest BCUT2D eigenvalue weighted by molar-refractivity contribution is 0.171.